The van der Waals surface area contributed by atoms with Crippen LogP contribution in [-0.4, -0.2) is 52.7 Å². The molecule has 0 aromatic heterocycles. The molecule has 2 atom stereocenters. The smallest absolute Gasteiger partial charge is 0.410 e. The standard InChI is InChI=1S/C17H20F3N3O5/c1-17(2,3)28-16(25)22-5-4-10(18)13(8-22)21-15(24)9-6-14(23(26)27)12(20)7-11(9)19/h6-7,10,13H,4-5,8H2,1-3H3,(H,21,24). The fourth-order valence-electron chi connectivity index (χ4n) is 2.65. The minimum atomic E-state index is -1.53. The molecular weight excluding hydrogens is 383 g/mol. The lowest BCUT2D eigenvalue weighted by Gasteiger charge is -2.36. The zero-order valence-electron chi connectivity index (χ0n) is 15.5. The van der Waals surface area contributed by atoms with Gasteiger partial charge in [0.1, 0.15) is 17.6 Å². The van der Waals surface area contributed by atoms with Gasteiger partial charge in [0.05, 0.1) is 16.5 Å². The minimum Gasteiger partial charge on any atom is -0.444 e. The molecule has 1 N–H and O–H groups in total. The van der Waals surface area contributed by atoms with Gasteiger partial charge >= 0.3 is 11.8 Å². The lowest BCUT2D eigenvalue weighted by atomic mass is 10.0. The Bertz CT molecular complexity index is 797. The third-order valence-electron chi connectivity index (χ3n) is 3.97. The van der Waals surface area contributed by atoms with E-state index in [1.165, 1.54) is 4.90 Å². The van der Waals surface area contributed by atoms with Crippen molar-refractivity contribution in [2.45, 2.75) is 45.0 Å². The molecule has 154 valence electrons. The quantitative estimate of drug-likeness (QED) is 0.618. The third kappa shape index (κ3) is 5.11. The van der Waals surface area contributed by atoms with Crippen molar-refractivity contribution in [3.05, 3.63) is 39.4 Å². The highest BCUT2D eigenvalue weighted by Crippen LogP contribution is 2.23. The van der Waals surface area contributed by atoms with Gasteiger partial charge in [-0.3, -0.25) is 14.9 Å². The van der Waals surface area contributed by atoms with E-state index >= 15 is 0 Å². The predicted octanol–water partition coefficient (Wildman–Crippen LogP) is 2.95. The maximum atomic E-state index is 14.2. The largest absolute Gasteiger partial charge is 0.444 e. The Morgan fingerprint density at radius 3 is 2.50 bits per heavy atom. The molecule has 1 heterocycles. The molecule has 0 spiro atoms. The van der Waals surface area contributed by atoms with Gasteiger partial charge in [0.25, 0.3) is 5.91 Å². The van der Waals surface area contributed by atoms with E-state index in [0.717, 1.165) is 0 Å². The normalized spacial score (nSPS) is 19.9. The molecule has 0 radical (unpaired) electrons. The van der Waals surface area contributed by atoms with Gasteiger partial charge in [0, 0.05) is 25.2 Å². The Morgan fingerprint density at radius 2 is 1.93 bits per heavy atom. The summed E-state index contributed by atoms with van der Waals surface area (Å²) in [5, 5.41) is 13.0. The number of nitrogens with one attached hydrogen (secondary N) is 1. The van der Waals surface area contributed by atoms with Crippen molar-refractivity contribution in [2.75, 3.05) is 13.1 Å². The van der Waals surface area contributed by atoms with Crippen LogP contribution in [0.25, 0.3) is 0 Å². The zero-order valence-corrected chi connectivity index (χ0v) is 15.5. The van der Waals surface area contributed by atoms with Gasteiger partial charge in [-0.2, -0.15) is 4.39 Å². The number of nitro groups is 1. The van der Waals surface area contributed by atoms with Crippen LogP contribution in [0.5, 0.6) is 0 Å². The number of rotatable bonds is 3. The Labute approximate surface area is 158 Å². The maximum Gasteiger partial charge on any atom is 0.410 e. The van der Waals surface area contributed by atoms with Crippen LogP contribution in [0.3, 0.4) is 0 Å². The van der Waals surface area contributed by atoms with Gasteiger partial charge in [-0.1, -0.05) is 0 Å². The van der Waals surface area contributed by atoms with Gasteiger partial charge in [-0.05, 0) is 27.2 Å². The van der Waals surface area contributed by atoms with Crippen LogP contribution in [0.4, 0.5) is 23.7 Å². The van der Waals surface area contributed by atoms with Crippen molar-refractivity contribution < 1.29 is 32.4 Å². The Balaban J connectivity index is 2.15. The number of hydrogen-bond acceptors (Lipinski definition) is 5. The molecule has 1 fully saturated rings. The zero-order chi connectivity index (χ0) is 21.2. The van der Waals surface area contributed by atoms with Crippen LogP contribution < -0.4 is 5.32 Å². The summed E-state index contributed by atoms with van der Waals surface area (Å²) in [6, 6.07) is -0.521. The van der Waals surface area contributed by atoms with Crippen LogP contribution in [0.1, 0.15) is 37.6 Å². The van der Waals surface area contributed by atoms with E-state index in [0.29, 0.717) is 6.07 Å². The first-order valence-electron chi connectivity index (χ1n) is 8.45. The summed E-state index contributed by atoms with van der Waals surface area (Å²) in [4.78, 5) is 35.3. The van der Waals surface area contributed by atoms with Gasteiger partial charge < -0.3 is 15.0 Å². The summed E-state index contributed by atoms with van der Waals surface area (Å²) in [6.45, 7) is 4.83. The number of nitrogens with zero attached hydrogens (tertiary/aromatic N) is 2. The van der Waals surface area contributed by atoms with Crippen LogP contribution in [0.15, 0.2) is 12.1 Å². The highest BCUT2D eigenvalue weighted by Gasteiger charge is 2.35. The molecule has 1 aliphatic rings. The van der Waals surface area contributed by atoms with Crippen LogP contribution in [0.2, 0.25) is 0 Å². The summed E-state index contributed by atoms with van der Waals surface area (Å²) in [5.41, 5.74) is -2.64. The number of likely N-dealkylation sites (tertiary alicyclic amines) is 1. The van der Waals surface area contributed by atoms with E-state index in [4.69, 9.17) is 4.74 Å². The summed E-state index contributed by atoms with van der Waals surface area (Å²) in [6.07, 6.45) is -2.31. The first-order chi connectivity index (χ1) is 12.9. The van der Waals surface area contributed by atoms with Gasteiger partial charge in [0.2, 0.25) is 5.82 Å². The fourth-order valence-corrected chi connectivity index (χ4v) is 2.65. The molecule has 1 aromatic carbocycles. The lowest BCUT2D eigenvalue weighted by molar-refractivity contribution is -0.387. The summed E-state index contributed by atoms with van der Waals surface area (Å²) in [7, 11) is 0. The van der Waals surface area contributed by atoms with Crippen LogP contribution >= 0.6 is 0 Å². The Kier molecular flexibility index (Phi) is 6.15. The Morgan fingerprint density at radius 1 is 1.29 bits per heavy atom. The molecule has 2 amide bonds. The average Bonchev–Trinajstić information content (AvgIpc) is 2.54. The van der Waals surface area contributed by atoms with Crippen molar-refractivity contribution in [3.63, 3.8) is 0 Å². The highest BCUT2D eigenvalue weighted by atomic mass is 19.1. The molecular formula is C17H20F3N3O5. The molecule has 11 heteroatoms. The van der Waals surface area contributed by atoms with E-state index in [9.17, 15) is 32.9 Å². The highest BCUT2D eigenvalue weighted by molar-refractivity contribution is 5.95. The van der Waals surface area contributed by atoms with Crippen LogP contribution in [0, 0.1) is 21.7 Å². The second-order valence-corrected chi connectivity index (χ2v) is 7.35. The topological polar surface area (TPSA) is 102 Å². The number of piperidine rings is 1. The van der Waals surface area contributed by atoms with E-state index in [1.807, 2.05) is 0 Å². The number of carbonyl (C=O) groups excluding carboxylic acids is 2. The van der Waals surface area contributed by atoms with Gasteiger partial charge in [-0.15, -0.1) is 0 Å². The monoisotopic (exact) mass is 403 g/mol. The number of ether oxygens (including phenoxy) is 1. The second kappa shape index (κ2) is 8.03. The number of nitro benzene ring substituents is 1. The molecule has 28 heavy (non-hydrogen) atoms. The lowest BCUT2D eigenvalue weighted by Crippen LogP contribution is -2.55. The van der Waals surface area contributed by atoms with Crippen LogP contribution in [-0.2, 0) is 4.74 Å². The van der Waals surface area contributed by atoms with E-state index in [2.05, 4.69) is 5.32 Å². The van der Waals surface area contributed by atoms with Gasteiger partial charge in [0.15, 0.2) is 0 Å². The Hall–Kier alpha value is -2.85. The first kappa shape index (κ1) is 21.5. The molecule has 2 unspecified atom stereocenters. The molecule has 0 aliphatic carbocycles. The van der Waals surface area contributed by atoms with Crippen molar-refractivity contribution in [1.82, 2.24) is 10.2 Å². The number of amides is 2. The number of hydrogen-bond donors (Lipinski definition) is 1. The van der Waals surface area contributed by atoms with Crippen molar-refractivity contribution >= 4 is 17.7 Å². The van der Waals surface area contributed by atoms with Crippen molar-refractivity contribution in [2.24, 2.45) is 0 Å². The number of carbonyl (C=O) groups is 2. The molecule has 2 rings (SSSR count). The van der Waals surface area contributed by atoms with Gasteiger partial charge in [-0.25, -0.2) is 13.6 Å². The average molecular weight is 403 g/mol. The van der Waals surface area contributed by atoms with Crippen molar-refractivity contribution in [1.29, 1.82) is 0 Å². The first-order valence-corrected chi connectivity index (χ1v) is 8.45. The summed E-state index contributed by atoms with van der Waals surface area (Å²) >= 11 is 0. The molecule has 0 saturated carbocycles. The molecule has 1 saturated heterocycles. The second-order valence-electron chi connectivity index (χ2n) is 7.35. The molecule has 8 nitrogen and oxygen atoms in total. The number of halogens is 3. The number of alkyl halides is 1. The predicted molar refractivity (Wildman–Crippen MR) is 91.6 cm³/mol. The maximum absolute atomic E-state index is 14.2. The fraction of sp³-hybridized carbons (Fsp3) is 0.529. The molecule has 1 aromatic rings. The van der Waals surface area contributed by atoms with E-state index in [1.54, 1.807) is 20.8 Å². The van der Waals surface area contributed by atoms with E-state index < -0.39 is 57.6 Å². The minimum absolute atomic E-state index is 0.0683. The number of benzene rings is 1. The molecule has 1 aliphatic heterocycles. The van der Waals surface area contributed by atoms with Crippen molar-refractivity contribution in [3.8, 4) is 0 Å². The molecule has 0 bridgehead atoms. The van der Waals surface area contributed by atoms with E-state index in [-0.39, 0.29) is 25.6 Å². The SMILES string of the molecule is CC(C)(C)OC(=O)N1CCC(F)C(NC(=O)c2cc([N+](=O)[O-])c(F)cc2F)C1. The summed E-state index contributed by atoms with van der Waals surface area (Å²) in [5.74, 6) is -3.91. The summed E-state index contributed by atoms with van der Waals surface area (Å²) < 4.78 is 46.7. The third-order valence-corrected chi connectivity index (χ3v) is 3.97.